The van der Waals surface area contributed by atoms with Gasteiger partial charge in [0.15, 0.2) is 5.96 Å². The first-order valence-corrected chi connectivity index (χ1v) is 7.75. The van der Waals surface area contributed by atoms with Gasteiger partial charge in [-0.15, -0.1) is 24.0 Å². The van der Waals surface area contributed by atoms with Crippen molar-refractivity contribution in [1.29, 1.82) is 0 Å². The first kappa shape index (κ1) is 19.6. The summed E-state index contributed by atoms with van der Waals surface area (Å²) in [6.45, 7) is 7.21. The van der Waals surface area contributed by atoms with Crippen LogP contribution in [-0.2, 0) is 6.54 Å². The van der Waals surface area contributed by atoms with E-state index >= 15 is 0 Å². The van der Waals surface area contributed by atoms with E-state index in [-0.39, 0.29) is 28.7 Å². The summed E-state index contributed by atoms with van der Waals surface area (Å²) in [5.41, 5.74) is 0. The number of rotatable bonds is 7. The van der Waals surface area contributed by atoms with Gasteiger partial charge in [-0.05, 0) is 26.5 Å². The van der Waals surface area contributed by atoms with Gasteiger partial charge in [-0.2, -0.15) is 11.8 Å². The number of hydrogen-bond donors (Lipinski definition) is 2. The summed E-state index contributed by atoms with van der Waals surface area (Å²) in [5, 5.41) is 6.68. The Morgan fingerprint density at radius 2 is 2.15 bits per heavy atom. The smallest absolute Gasteiger partial charge is 0.191 e. The number of nitrogens with zero attached hydrogens (tertiary/aromatic N) is 3. The molecular formula is C13H26IN5S. The van der Waals surface area contributed by atoms with Crippen molar-refractivity contribution in [2.45, 2.75) is 31.6 Å². The quantitative estimate of drug-likeness (QED) is 0.313. The lowest BCUT2D eigenvalue weighted by Crippen LogP contribution is -2.43. The van der Waals surface area contributed by atoms with E-state index in [4.69, 9.17) is 0 Å². The summed E-state index contributed by atoms with van der Waals surface area (Å²) in [6.07, 6.45) is 8.80. The molecule has 1 rings (SSSR count). The second-order valence-corrected chi connectivity index (χ2v) is 6.48. The highest BCUT2D eigenvalue weighted by Crippen LogP contribution is 2.19. The third-order valence-corrected chi connectivity index (χ3v) is 4.15. The van der Waals surface area contributed by atoms with Crippen molar-refractivity contribution in [1.82, 2.24) is 20.2 Å². The Balaban J connectivity index is 0.00000361. The highest BCUT2D eigenvalue weighted by Gasteiger charge is 2.15. The number of aromatic nitrogens is 2. The largest absolute Gasteiger partial charge is 0.356 e. The lowest BCUT2D eigenvalue weighted by molar-refractivity contribution is 0.616. The van der Waals surface area contributed by atoms with Crippen LogP contribution in [0.5, 0.6) is 0 Å². The molecule has 1 aromatic rings. The van der Waals surface area contributed by atoms with Gasteiger partial charge in [-0.25, -0.2) is 4.98 Å². The van der Waals surface area contributed by atoms with Gasteiger partial charge >= 0.3 is 0 Å². The molecule has 0 saturated heterocycles. The highest BCUT2D eigenvalue weighted by atomic mass is 127. The maximum Gasteiger partial charge on any atom is 0.191 e. The first-order valence-electron chi connectivity index (χ1n) is 6.53. The molecule has 0 bridgehead atoms. The molecule has 2 N–H and O–H groups in total. The van der Waals surface area contributed by atoms with Gasteiger partial charge in [0.05, 0.1) is 6.33 Å². The molecule has 1 aromatic heterocycles. The molecule has 0 saturated carbocycles. The molecule has 20 heavy (non-hydrogen) atoms. The van der Waals surface area contributed by atoms with E-state index in [1.165, 1.54) is 0 Å². The van der Waals surface area contributed by atoms with Crippen molar-refractivity contribution in [2.75, 3.05) is 26.4 Å². The fraction of sp³-hybridized carbons (Fsp3) is 0.692. The van der Waals surface area contributed by atoms with E-state index in [1.54, 1.807) is 13.2 Å². The van der Waals surface area contributed by atoms with Crippen molar-refractivity contribution in [3.05, 3.63) is 18.7 Å². The second-order valence-electron chi connectivity index (χ2n) is 4.97. The molecule has 0 aliphatic carbocycles. The fourth-order valence-electron chi connectivity index (χ4n) is 1.48. The Bertz CT molecular complexity index is 378. The first-order chi connectivity index (χ1) is 9.07. The molecule has 0 aliphatic rings. The van der Waals surface area contributed by atoms with Gasteiger partial charge < -0.3 is 15.2 Å². The Hall–Kier alpha value is -0.440. The van der Waals surface area contributed by atoms with Crippen molar-refractivity contribution >= 4 is 41.7 Å². The van der Waals surface area contributed by atoms with E-state index < -0.39 is 0 Å². The van der Waals surface area contributed by atoms with E-state index in [9.17, 15) is 0 Å². The zero-order valence-electron chi connectivity index (χ0n) is 12.7. The van der Waals surface area contributed by atoms with E-state index in [0.717, 1.165) is 32.0 Å². The summed E-state index contributed by atoms with van der Waals surface area (Å²) < 4.78 is 2.29. The molecule has 0 aromatic carbocycles. The van der Waals surface area contributed by atoms with Crippen LogP contribution in [0, 0.1) is 0 Å². The Morgan fingerprint density at radius 3 is 2.70 bits per heavy atom. The molecule has 0 spiro atoms. The third-order valence-electron chi connectivity index (χ3n) is 2.90. The SMILES string of the molecule is CN=C(NCCCn1ccnc1)NCC(C)(C)SC.I. The average Bonchev–Trinajstić information content (AvgIpc) is 2.91. The van der Waals surface area contributed by atoms with Gasteiger partial charge in [-0.3, -0.25) is 4.99 Å². The van der Waals surface area contributed by atoms with Gasteiger partial charge in [0, 0.05) is 43.8 Å². The lowest BCUT2D eigenvalue weighted by Gasteiger charge is -2.23. The Morgan fingerprint density at radius 1 is 1.40 bits per heavy atom. The highest BCUT2D eigenvalue weighted by molar-refractivity contribution is 14.0. The van der Waals surface area contributed by atoms with Crippen LogP contribution in [0.2, 0.25) is 0 Å². The van der Waals surface area contributed by atoms with Crippen molar-refractivity contribution < 1.29 is 0 Å². The van der Waals surface area contributed by atoms with Crippen LogP contribution in [0.15, 0.2) is 23.7 Å². The number of nitrogens with one attached hydrogen (secondary N) is 2. The minimum absolute atomic E-state index is 0. The molecule has 0 unspecified atom stereocenters. The van der Waals surface area contributed by atoms with Crippen LogP contribution in [0.3, 0.4) is 0 Å². The summed E-state index contributed by atoms with van der Waals surface area (Å²) in [6, 6.07) is 0. The van der Waals surface area contributed by atoms with Crippen molar-refractivity contribution in [2.24, 2.45) is 4.99 Å². The summed E-state index contributed by atoms with van der Waals surface area (Å²) >= 11 is 1.85. The van der Waals surface area contributed by atoms with Crippen LogP contribution in [0.25, 0.3) is 0 Å². The molecule has 7 heteroatoms. The van der Waals surface area contributed by atoms with E-state index in [2.05, 4.69) is 45.3 Å². The van der Waals surface area contributed by atoms with Crippen molar-refractivity contribution in [3.8, 4) is 0 Å². The molecule has 116 valence electrons. The maximum absolute atomic E-state index is 4.23. The number of aryl methyl sites for hydroxylation is 1. The number of guanidine groups is 1. The van der Waals surface area contributed by atoms with Crippen LogP contribution >= 0.6 is 35.7 Å². The maximum atomic E-state index is 4.23. The van der Waals surface area contributed by atoms with E-state index in [0.29, 0.717) is 0 Å². The lowest BCUT2D eigenvalue weighted by atomic mass is 10.2. The average molecular weight is 411 g/mol. The molecular weight excluding hydrogens is 385 g/mol. The van der Waals surface area contributed by atoms with Crippen molar-refractivity contribution in [3.63, 3.8) is 0 Å². The van der Waals surface area contributed by atoms with Gasteiger partial charge in [0.2, 0.25) is 0 Å². The van der Waals surface area contributed by atoms with E-state index in [1.807, 2.05) is 24.3 Å². The number of imidazole rings is 1. The van der Waals surface area contributed by atoms with Gasteiger partial charge in [-0.1, -0.05) is 0 Å². The second kappa shape index (κ2) is 10.3. The number of halogens is 1. The predicted molar refractivity (Wildman–Crippen MR) is 99.2 cm³/mol. The molecule has 0 radical (unpaired) electrons. The minimum Gasteiger partial charge on any atom is -0.356 e. The number of hydrogen-bond acceptors (Lipinski definition) is 3. The van der Waals surface area contributed by atoms with Crippen LogP contribution in [0.4, 0.5) is 0 Å². The monoisotopic (exact) mass is 411 g/mol. The van der Waals surface area contributed by atoms with Gasteiger partial charge in [0.1, 0.15) is 0 Å². The van der Waals surface area contributed by atoms with Crippen LogP contribution in [0.1, 0.15) is 20.3 Å². The van der Waals surface area contributed by atoms with Crippen LogP contribution < -0.4 is 10.6 Å². The molecule has 0 fully saturated rings. The minimum atomic E-state index is 0. The summed E-state index contributed by atoms with van der Waals surface area (Å²) in [5.74, 6) is 0.868. The number of aliphatic imine (C=N–C) groups is 1. The van der Waals surface area contributed by atoms with Gasteiger partial charge in [0.25, 0.3) is 0 Å². The molecule has 0 amide bonds. The van der Waals surface area contributed by atoms with Crippen LogP contribution in [-0.4, -0.2) is 46.7 Å². The molecule has 5 nitrogen and oxygen atoms in total. The zero-order chi connectivity index (χ0) is 14.1. The molecule has 0 aliphatic heterocycles. The summed E-state index contributed by atoms with van der Waals surface area (Å²) in [4.78, 5) is 8.25. The third kappa shape index (κ3) is 7.98. The standard InChI is InChI=1S/C13H25N5S.HI/c1-13(2,19-4)10-17-12(14-3)16-6-5-8-18-9-7-15-11-18;/h7,9,11H,5-6,8,10H2,1-4H3,(H2,14,16,17);1H. The zero-order valence-corrected chi connectivity index (χ0v) is 15.9. The summed E-state index contributed by atoms with van der Waals surface area (Å²) in [7, 11) is 1.80. The topological polar surface area (TPSA) is 54.2 Å². The normalized spacial score (nSPS) is 11.9. The Kier molecular flexibility index (Phi) is 10.1. The molecule has 1 heterocycles. The predicted octanol–water partition coefficient (Wildman–Crippen LogP) is 2.20. The Labute approximate surface area is 143 Å². The number of thioether (sulfide) groups is 1. The fourth-order valence-corrected chi connectivity index (χ4v) is 1.69. The molecule has 0 atom stereocenters.